The fourth-order valence-electron chi connectivity index (χ4n) is 2.40. The van der Waals surface area contributed by atoms with Crippen molar-refractivity contribution >= 4 is 11.6 Å². The summed E-state index contributed by atoms with van der Waals surface area (Å²) in [5, 5.41) is 4.20. The standard InChI is InChI=1S/C14H16ClN3O/c15-11-4-1-3-10-12(5-2-8-19-14(10)11)18-9-13-16-6-7-17-13/h1,3-4,6-7,12,18H,2,5,8-9H2,(H,16,17). The molecule has 0 amide bonds. The maximum atomic E-state index is 6.21. The molecule has 0 spiro atoms. The molecule has 1 aliphatic rings. The lowest BCUT2D eigenvalue weighted by molar-refractivity contribution is 0.315. The number of rotatable bonds is 3. The van der Waals surface area contributed by atoms with Crippen LogP contribution in [0.5, 0.6) is 5.75 Å². The largest absolute Gasteiger partial charge is 0.492 e. The normalized spacial score (nSPS) is 18.5. The number of ether oxygens (including phenoxy) is 1. The Hall–Kier alpha value is -1.52. The molecule has 0 saturated carbocycles. The summed E-state index contributed by atoms with van der Waals surface area (Å²) in [4.78, 5) is 7.32. The predicted octanol–water partition coefficient (Wildman–Crippen LogP) is 3.07. The van der Waals surface area contributed by atoms with Crippen molar-refractivity contribution in [3.05, 3.63) is 47.0 Å². The molecule has 1 aliphatic heterocycles. The molecule has 1 aromatic carbocycles. The zero-order chi connectivity index (χ0) is 13.1. The summed E-state index contributed by atoms with van der Waals surface area (Å²) in [5.74, 6) is 1.76. The molecule has 0 fully saturated rings. The molecular weight excluding hydrogens is 262 g/mol. The lowest BCUT2D eigenvalue weighted by atomic mass is 10.0. The molecule has 0 bridgehead atoms. The highest BCUT2D eigenvalue weighted by atomic mass is 35.5. The Balaban J connectivity index is 1.80. The highest BCUT2D eigenvalue weighted by Gasteiger charge is 2.21. The summed E-state index contributed by atoms with van der Waals surface area (Å²) in [5.41, 5.74) is 1.14. The Kier molecular flexibility index (Phi) is 3.71. The van der Waals surface area contributed by atoms with Gasteiger partial charge in [-0.2, -0.15) is 0 Å². The second-order valence-electron chi connectivity index (χ2n) is 4.62. The van der Waals surface area contributed by atoms with Crippen LogP contribution in [0, 0.1) is 0 Å². The Morgan fingerprint density at radius 3 is 3.26 bits per heavy atom. The van der Waals surface area contributed by atoms with E-state index in [1.165, 1.54) is 0 Å². The Morgan fingerprint density at radius 2 is 2.42 bits per heavy atom. The number of nitrogens with zero attached hydrogens (tertiary/aromatic N) is 1. The van der Waals surface area contributed by atoms with Crippen molar-refractivity contribution < 1.29 is 4.74 Å². The lowest BCUT2D eigenvalue weighted by Crippen LogP contribution is -2.21. The van der Waals surface area contributed by atoms with Crippen LogP contribution >= 0.6 is 11.6 Å². The van der Waals surface area contributed by atoms with Crippen LogP contribution in [0.3, 0.4) is 0 Å². The molecular formula is C14H16ClN3O. The van der Waals surface area contributed by atoms with E-state index in [1.54, 1.807) is 6.20 Å². The monoisotopic (exact) mass is 277 g/mol. The van der Waals surface area contributed by atoms with Gasteiger partial charge >= 0.3 is 0 Å². The number of H-pyrrole nitrogens is 1. The molecule has 0 aliphatic carbocycles. The molecule has 3 rings (SSSR count). The second-order valence-corrected chi connectivity index (χ2v) is 5.03. The Bertz CT molecular complexity index is 542. The zero-order valence-corrected chi connectivity index (χ0v) is 11.3. The summed E-state index contributed by atoms with van der Waals surface area (Å²) < 4.78 is 5.75. The second kappa shape index (κ2) is 5.63. The van der Waals surface area contributed by atoms with E-state index >= 15 is 0 Å². The Morgan fingerprint density at radius 1 is 1.47 bits per heavy atom. The highest BCUT2D eigenvalue weighted by Crippen LogP contribution is 2.36. The van der Waals surface area contributed by atoms with Crippen LogP contribution in [-0.4, -0.2) is 16.6 Å². The number of fused-ring (bicyclic) bond motifs is 1. The van der Waals surface area contributed by atoms with Gasteiger partial charge in [0.05, 0.1) is 18.2 Å². The van der Waals surface area contributed by atoms with Gasteiger partial charge in [0.1, 0.15) is 11.6 Å². The SMILES string of the molecule is Clc1cccc2c1OCCCC2NCc1ncc[nH]1. The maximum Gasteiger partial charge on any atom is 0.142 e. The predicted molar refractivity (Wildman–Crippen MR) is 74.3 cm³/mol. The lowest BCUT2D eigenvalue weighted by Gasteiger charge is -2.18. The van der Waals surface area contributed by atoms with Gasteiger partial charge < -0.3 is 15.0 Å². The van der Waals surface area contributed by atoms with E-state index < -0.39 is 0 Å². The van der Waals surface area contributed by atoms with Gasteiger partial charge in [-0.3, -0.25) is 0 Å². The quantitative estimate of drug-likeness (QED) is 0.906. The fraction of sp³-hybridized carbons (Fsp3) is 0.357. The van der Waals surface area contributed by atoms with Crippen molar-refractivity contribution in [2.24, 2.45) is 0 Å². The van der Waals surface area contributed by atoms with Crippen LogP contribution in [0.2, 0.25) is 5.02 Å². The van der Waals surface area contributed by atoms with Gasteiger partial charge in [0.25, 0.3) is 0 Å². The highest BCUT2D eigenvalue weighted by molar-refractivity contribution is 6.32. The third kappa shape index (κ3) is 2.74. The minimum Gasteiger partial charge on any atom is -0.492 e. The minimum atomic E-state index is 0.251. The van der Waals surface area contributed by atoms with Gasteiger partial charge in [0, 0.05) is 24.0 Å². The van der Waals surface area contributed by atoms with Gasteiger partial charge in [0.15, 0.2) is 0 Å². The van der Waals surface area contributed by atoms with Crippen LogP contribution in [0.15, 0.2) is 30.6 Å². The van der Waals surface area contributed by atoms with Crippen molar-refractivity contribution in [1.29, 1.82) is 0 Å². The summed E-state index contributed by atoms with van der Waals surface area (Å²) in [6.45, 7) is 1.43. The molecule has 1 aromatic heterocycles. The molecule has 0 saturated heterocycles. The topological polar surface area (TPSA) is 49.9 Å². The zero-order valence-electron chi connectivity index (χ0n) is 10.5. The van der Waals surface area contributed by atoms with Crippen molar-refractivity contribution in [3.8, 4) is 5.75 Å². The molecule has 4 nitrogen and oxygen atoms in total. The van der Waals surface area contributed by atoms with Crippen molar-refractivity contribution in [2.45, 2.75) is 25.4 Å². The number of aromatic amines is 1. The molecule has 0 radical (unpaired) electrons. The maximum absolute atomic E-state index is 6.21. The van der Waals surface area contributed by atoms with Crippen LogP contribution in [0.25, 0.3) is 0 Å². The van der Waals surface area contributed by atoms with Gasteiger partial charge in [0.2, 0.25) is 0 Å². The van der Waals surface area contributed by atoms with Crippen LogP contribution in [0.4, 0.5) is 0 Å². The number of para-hydroxylation sites is 1. The molecule has 1 atom stereocenters. The van der Waals surface area contributed by atoms with Crippen LogP contribution < -0.4 is 10.1 Å². The average molecular weight is 278 g/mol. The van der Waals surface area contributed by atoms with E-state index in [9.17, 15) is 0 Å². The van der Waals surface area contributed by atoms with Crippen LogP contribution in [-0.2, 0) is 6.54 Å². The van der Waals surface area contributed by atoms with Gasteiger partial charge in [-0.25, -0.2) is 4.98 Å². The molecule has 1 unspecified atom stereocenters. The molecule has 100 valence electrons. The van der Waals surface area contributed by atoms with E-state index in [1.807, 2.05) is 18.3 Å². The fourth-order valence-corrected chi connectivity index (χ4v) is 2.63. The van der Waals surface area contributed by atoms with E-state index in [0.29, 0.717) is 11.6 Å². The number of aromatic nitrogens is 2. The minimum absolute atomic E-state index is 0.251. The van der Waals surface area contributed by atoms with Crippen LogP contribution in [0.1, 0.15) is 30.3 Å². The van der Waals surface area contributed by atoms with E-state index in [2.05, 4.69) is 21.4 Å². The van der Waals surface area contributed by atoms with Gasteiger partial charge in [-0.1, -0.05) is 23.7 Å². The molecule has 2 N–H and O–H groups in total. The van der Waals surface area contributed by atoms with Crippen molar-refractivity contribution in [2.75, 3.05) is 6.61 Å². The van der Waals surface area contributed by atoms with E-state index in [0.717, 1.165) is 36.6 Å². The number of halogens is 1. The third-order valence-electron chi connectivity index (χ3n) is 3.33. The number of hydrogen-bond acceptors (Lipinski definition) is 3. The third-order valence-corrected chi connectivity index (χ3v) is 3.62. The number of benzene rings is 1. The first-order valence-corrected chi connectivity index (χ1v) is 6.85. The van der Waals surface area contributed by atoms with E-state index in [-0.39, 0.29) is 6.04 Å². The van der Waals surface area contributed by atoms with Crippen molar-refractivity contribution in [3.63, 3.8) is 0 Å². The smallest absolute Gasteiger partial charge is 0.142 e. The Labute approximate surface area is 117 Å². The summed E-state index contributed by atoms with van der Waals surface area (Å²) in [6.07, 6.45) is 5.64. The van der Waals surface area contributed by atoms with Gasteiger partial charge in [-0.15, -0.1) is 0 Å². The number of imidazole rings is 1. The summed E-state index contributed by atoms with van der Waals surface area (Å²) >= 11 is 6.21. The first-order chi connectivity index (χ1) is 9.34. The number of nitrogens with one attached hydrogen (secondary N) is 2. The molecule has 2 heterocycles. The van der Waals surface area contributed by atoms with E-state index in [4.69, 9.17) is 16.3 Å². The number of hydrogen-bond donors (Lipinski definition) is 2. The molecule has 5 heteroatoms. The molecule has 2 aromatic rings. The summed E-state index contributed by atoms with van der Waals surface area (Å²) in [7, 11) is 0. The first kappa shape index (κ1) is 12.5. The van der Waals surface area contributed by atoms with Crippen molar-refractivity contribution in [1.82, 2.24) is 15.3 Å². The van der Waals surface area contributed by atoms with Gasteiger partial charge in [-0.05, 0) is 18.9 Å². The molecule has 19 heavy (non-hydrogen) atoms. The average Bonchev–Trinajstić information content (AvgIpc) is 2.84. The summed E-state index contributed by atoms with van der Waals surface area (Å²) in [6, 6.07) is 6.17. The first-order valence-electron chi connectivity index (χ1n) is 6.47.